The van der Waals surface area contributed by atoms with Crippen LogP contribution < -0.4 is 0 Å². The number of carbonyl (C=O) groups is 1. The minimum absolute atomic E-state index is 0.116. The van der Waals surface area contributed by atoms with Gasteiger partial charge in [0, 0.05) is 20.1 Å². The van der Waals surface area contributed by atoms with Crippen molar-refractivity contribution < 1.29 is 18.5 Å². The molecular formula is C13H17NO4S. The first-order chi connectivity index (χ1) is 9.11. The molecule has 2 bridgehead atoms. The SMILES string of the molecule is COSC[C@@]1(OC)C(=O)[C@@]2(OC)C=C[C@@H]1C[C@@H]2C#N. The van der Waals surface area contributed by atoms with Gasteiger partial charge in [0.05, 0.1) is 24.8 Å². The second-order valence-electron chi connectivity index (χ2n) is 4.73. The molecule has 0 radical (unpaired) electrons. The standard InChI is InChI=1S/C13H17NO4S/c1-16-12-5-4-9(6-10(12)7-14)13(17-2,11(12)15)8-19-18-3/h4-5,9-10H,6,8H2,1-3H3/t9-,10-,12-,13+/m1/s1. The first kappa shape index (κ1) is 14.5. The fourth-order valence-corrected chi connectivity index (χ4v) is 3.79. The summed E-state index contributed by atoms with van der Waals surface area (Å²) in [6.07, 6.45) is 4.20. The molecule has 104 valence electrons. The van der Waals surface area contributed by atoms with Gasteiger partial charge in [0.1, 0.15) is 5.60 Å². The molecular weight excluding hydrogens is 266 g/mol. The lowest BCUT2D eigenvalue weighted by Gasteiger charge is -2.52. The molecule has 0 aromatic carbocycles. The number of Topliss-reactive ketones (excluding diaryl/α,β-unsaturated/α-hetero) is 1. The van der Waals surface area contributed by atoms with Crippen molar-refractivity contribution in [2.75, 3.05) is 27.1 Å². The Bertz CT molecular complexity index is 446. The van der Waals surface area contributed by atoms with Gasteiger partial charge in [-0.1, -0.05) is 6.08 Å². The van der Waals surface area contributed by atoms with Gasteiger partial charge in [0.2, 0.25) is 5.78 Å². The van der Waals surface area contributed by atoms with Crippen molar-refractivity contribution in [3.63, 3.8) is 0 Å². The molecule has 6 heteroatoms. The Hall–Kier alpha value is -0.870. The fourth-order valence-electron chi connectivity index (χ4n) is 3.04. The van der Waals surface area contributed by atoms with Crippen molar-refractivity contribution in [2.24, 2.45) is 11.8 Å². The van der Waals surface area contributed by atoms with Crippen LogP contribution in [0.15, 0.2) is 12.2 Å². The number of rotatable bonds is 5. The Morgan fingerprint density at radius 3 is 2.74 bits per heavy atom. The molecule has 0 aromatic heterocycles. The molecule has 1 saturated carbocycles. The van der Waals surface area contributed by atoms with E-state index in [1.165, 1.54) is 26.3 Å². The van der Waals surface area contributed by atoms with Crippen LogP contribution in [0.2, 0.25) is 0 Å². The van der Waals surface area contributed by atoms with Crippen LogP contribution in [0.4, 0.5) is 0 Å². The smallest absolute Gasteiger partial charge is 0.203 e. The lowest BCUT2D eigenvalue weighted by molar-refractivity contribution is -0.178. The average Bonchev–Trinajstić information content (AvgIpc) is 2.47. The minimum atomic E-state index is -1.19. The van der Waals surface area contributed by atoms with Crippen LogP contribution in [0.5, 0.6) is 0 Å². The van der Waals surface area contributed by atoms with Crippen LogP contribution in [0, 0.1) is 23.2 Å². The summed E-state index contributed by atoms with van der Waals surface area (Å²) >= 11 is 1.18. The minimum Gasteiger partial charge on any atom is -0.369 e. The second kappa shape index (κ2) is 5.25. The molecule has 0 heterocycles. The molecule has 0 unspecified atom stereocenters. The van der Waals surface area contributed by atoms with E-state index in [1.807, 2.05) is 6.08 Å². The Labute approximate surface area is 117 Å². The van der Waals surface area contributed by atoms with E-state index in [0.29, 0.717) is 12.2 Å². The maximum Gasteiger partial charge on any atom is 0.203 e. The number of ether oxygens (including phenoxy) is 2. The normalized spacial score (nSPS) is 40.4. The Morgan fingerprint density at radius 2 is 2.21 bits per heavy atom. The molecule has 0 aromatic rings. The number of carbonyl (C=O) groups excluding carboxylic acids is 1. The molecule has 0 amide bonds. The Morgan fingerprint density at radius 1 is 1.47 bits per heavy atom. The van der Waals surface area contributed by atoms with Gasteiger partial charge in [-0.15, -0.1) is 0 Å². The summed E-state index contributed by atoms with van der Waals surface area (Å²) in [6, 6.07) is 2.18. The monoisotopic (exact) mass is 283 g/mol. The van der Waals surface area contributed by atoms with E-state index in [9.17, 15) is 10.1 Å². The van der Waals surface area contributed by atoms with Crippen molar-refractivity contribution in [3.05, 3.63) is 12.2 Å². The van der Waals surface area contributed by atoms with Crippen LogP contribution in [-0.2, 0) is 18.5 Å². The number of hydrogen-bond acceptors (Lipinski definition) is 6. The highest BCUT2D eigenvalue weighted by Crippen LogP contribution is 2.50. The number of hydrogen-bond donors (Lipinski definition) is 0. The highest BCUT2D eigenvalue weighted by molar-refractivity contribution is 7.94. The van der Waals surface area contributed by atoms with E-state index in [-0.39, 0.29) is 11.7 Å². The summed E-state index contributed by atoms with van der Waals surface area (Å²) in [4.78, 5) is 12.8. The molecule has 0 aliphatic heterocycles. The van der Waals surface area contributed by atoms with E-state index >= 15 is 0 Å². The number of ketones is 1. The fraction of sp³-hybridized carbons (Fsp3) is 0.692. The zero-order valence-electron chi connectivity index (χ0n) is 11.2. The highest BCUT2D eigenvalue weighted by Gasteiger charge is 2.64. The largest absolute Gasteiger partial charge is 0.369 e. The maximum absolute atomic E-state index is 12.8. The quantitative estimate of drug-likeness (QED) is 0.560. The van der Waals surface area contributed by atoms with Crippen LogP contribution in [0.25, 0.3) is 0 Å². The topological polar surface area (TPSA) is 68.6 Å². The maximum atomic E-state index is 12.8. The molecule has 3 aliphatic rings. The molecule has 4 atom stereocenters. The van der Waals surface area contributed by atoms with Gasteiger partial charge in [-0.05, 0) is 24.5 Å². The van der Waals surface area contributed by atoms with Crippen LogP contribution in [0.1, 0.15) is 6.42 Å². The number of methoxy groups -OCH3 is 2. The third-order valence-corrected chi connectivity index (χ3v) is 4.95. The van der Waals surface area contributed by atoms with Gasteiger partial charge in [-0.3, -0.25) is 4.79 Å². The zero-order chi connectivity index (χ0) is 14.1. The van der Waals surface area contributed by atoms with Crippen LogP contribution in [-0.4, -0.2) is 44.1 Å². The predicted octanol–water partition coefficient (Wildman–Crippen LogP) is 1.35. The van der Waals surface area contributed by atoms with Gasteiger partial charge in [0.25, 0.3) is 0 Å². The molecule has 3 aliphatic carbocycles. The van der Waals surface area contributed by atoms with Gasteiger partial charge in [0.15, 0.2) is 5.60 Å². The molecule has 1 fully saturated rings. The molecule has 0 N–H and O–H groups in total. The lowest BCUT2D eigenvalue weighted by Crippen LogP contribution is -2.68. The van der Waals surface area contributed by atoms with Gasteiger partial charge < -0.3 is 13.7 Å². The van der Waals surface area contributed by atoms with Crippen molar-refractivity contribution in [1.29, 1.82) is 5.26 Å². The molecule has 0 spiro atoms. The van der Waals surface area contributed by atoms with Gasteiger partial charge in [-0.25, -0.2) is 0 Å². The van der Waals surface area contributed by atoms with Crippen LogP contribution >= 0.6 is 12.0 Å². The second-order valence-corrected chi connectivity index (χ2v) is 5.59. The Kier molecular flexibility index (Phi) is 4.02. The van der Waals surface area contributed by atoms with Gasteiger partial charge in [-0.2, -0.15) is 5.26 Å². The van der Waals surface area contributed by atoms with E-state index in [4.69, 9.17) is 13.7 Å². The van der Waals surface area contributed by atoms with Crippen molar-refractivity contribution in [3.8, 4) is 6.07 Å². The van der Waals surface area contributed by atoms with Crippen LogP contribution in [0.3, 0.4) is 0 Å². The molecule has 3 rings (SSSR count). The van der Waals surface area contributed by atoms with E-state index in [1.54, 1.807) is 13.2 Å². The third-order valence-electron chi connectivity index (χ3n) is 4.17. The Balaban J connectivity index is 2.45. The summed E-state index contributed by atoms with van der Waals surface area (Å²) < 4.78 is 16.0. The summed E-state index contributed by atoms with van der Waals surface area (Å²) in [6.45, 7) is 0. The summed E-state index contributed by atoms with van der Waals surface area (Å²) in [5.41, 5.74) is -2.16. The summed E-state index contributed by atoms with van der Waals surface area (Å²) in [7, 11) is 4.54. The molecule has 5 nitrogen and oxygen atoms in total. The number of nitriles is 1. The van der Waals surface area contributed by atoms with E-state index in [2.05, 4.69) is 6.07 Å². The summed E-state index contributed by atoms with van der Waals surface area (Å²) in [5.74, 6) is -0.373. The first-order valence-corrected chi connectivity index (χ1v) is 6.92. The average molecular weight is 283 g/mol. The molecule has 19 heavy (non-hydrogen) atoms. The predicted molar refractivity (Wildman–Crippen MR) is 70.3 cm³/mol. The number of nitrogens with zero attached hydrogens (tertiary/aromatic N) is 1. The van der Waals surface area contributed by atoms with E-state index < -0.39 is 17.1 Å². The summed E-state index contributed by atoms with van der Waals surface area (Å²) in [5, 5.41) is 9.26. The molecule has 0 saturated heterocycles. The highest BCUT2D eigenvalue weighted by atomic mass is 32.2. The van der Waals surface area contributed by atoms with Crippen molar-refractivity contribution in [2.45, 2.75) is 17.6 Å². The lowest BCUT2D eigenvalue weighted by atomic mass is 9.58. The number of fused-ring (bicyclic) bond motifs is 2. The zero-order valence-corrected chi connectivity index (χ0v) is 12.0. The first-order valence-electron chi connectivity index (χ1n) is 6.01. The van der Waals surface area contributed by atoms with Gasteiger partial charge >= 0.3 is 0 Å². The van der Waals surface area contributed by atoms with E-state index in [0.717, 1.165) is 0 Å². The third kappa shape index (κ3) is 1.84. The van der Waals surface area contributed by atoms with Crippen molar-refractivity contribution in [1.82, 2.24) is 0 Å². The van der Waals surface area contributed by atoms with Crippen molar-refractivity contribution >= 4 is 17.8 Å².